The zero-order valence-corrected chi connectivity index (χ0v) is 11.6. The lowest BCUT2D eigenvalue weighted by atomic mass is 9.99. The van der Waals surface area contributed by atoms with Gasteiger partial charge in [-0.05, 0) is 38.3 Å². The third kappa shape index (κ3) is 3.30. The van der Waals surface area contributed by atoms with Gasteiger partial charge in [-0.15, -0.1) is 0 Å². The lowest BCUT2D eigenvalue weighted by Gasteiger charge is -2.23. The van der Waals surface area contributed by atoms with Crippen molar-refractivity contribution >= 4 is 9.84 Å². The quantitative estimate of drug-likeness (QED) is 0.895. The molecule has 1 N–H and O–H groups in total. The lowest BCUT2D eigenvalue weighted by molar-refractivity contribution is 0.195. The zero-order chi connectivity index (χ0) is 13.3. The summed E-state index contributed by atoms with van der Waals surface area (Å²) in [7, 11) is -3.14. The third-order valence-corrected chi connectivity index (χ3v) is 5.20. The molecule has 0 bridgehead atoms. The molecule has 1 aromatic carbocycles. The molecule has 96 valence electrons. The second-order valence-corrected chi connectivity index (χ2v) is 7.60. The molecule has 4 heteroatoms. The number of hydrogen-bond donors (Lipinski definition) is 1. The smallest absolute Gasteiger partial charge is 0.156 e. The minimum absolute atomic E-state index is 0.385. The van der Waals surface area contributed by atoms with E-state index in [2.05, 4.69) is 0 Å². The first-order valence-electron chi connectivity index (χ1n) is 5.61. The van der Waals surface area contributed by atoms with Crippen LogP contribution < -0.4 is 0 Å². The minimum Gasteiger partial charge on any atom is -0.393 e. The summed E-state index contributed by atoms with van der Waals surface area (Å²) in [6.07, 6.45) is 1.44. The first-order valence-corrected chi connectivity index (χ1v) is 7.51. The molecule has 0 amide bonds. The summed E-state index contributed by atoms with van der Waals surface area (Å²) in [5.41, 5.74) is 1.78. The van der Waals surface area contributed by atoms with Crippen LogP contribution in [0, 0.1) is 0 Å². The van der Waals surface area contributed by atoms with Crippen molar-refractivity contribution in [3.05, 3.63) is 35.4 Å². The predicted octanol–water partition coefficient (Wildman–Crippen LogP) is 1.89. The molecule has 0 saturated carbocycles. The first-order chi connectivity index (χ1) is 7.64. The van der Waals surface area contributed by atoms with E-state index in [-0.39, 0.29) is 6.10 Å². The maximum atomic E-state index is 11.7. The molecule has 1 atom stereocenters. The Hall–Kier alpha value is -0.870. The number of hydrogen-bond acceptors (Lipinski definition) is 3. The SMILES string of the molecule is CC(O)Cc1ccc(C(C)(C)S(C)(=O)=O)cc1. The maximum Gasteiger partial charge on any atom is 0.156 e. The van der Waals surface area contributed by atoms with Gasteiger partial charge in [0, 0.05) is 6.26 Å². The van der Waals surface area contributed by atoms with Crippen molar-refractivity contribution in [3.63, 3.8) is 0 Å². The molecule has 0 spiro atoms. The van der Waals surface area contributed by atoms with Crippen molar-refractivity contribution in [2.45, 2.75) is 38.0 Å². The molecule has 1 aromatic rings. The van der Waals surface area contributed by atoms with Crippen LogP contribution in [0.25, 0.3) is 0 Å². The summed E-state index contributed by atoms with van der Waals surface area (Å²) in [4.78, 5) is 0. The Morgan fingerprint density at radius 3 is 2.06 bits per heavy atom. The molecule has 17 heavy (non-hydrogen) atoms. The monoisotopic (exact) mass is 256 g/mol. The normalized spacial score (nSPS) is 14.6. The van der Waals surface area contributed by atoms with Gasteiger partial charge in [-0.1, -0.05) is 24.3 Å². The van der Waals surface area contributed by atoms with Crippen molar-refractivity contribution in [2.24, 2.45) is 0 Å². The van der Waals surface area contributed by atoms with Crippen LogP contribution in [0.3, 0.4) is 0 Å². The van der Waals surface area contributed by atoms with E-state index in [0.717, 1.165) is 11.1 Å². The average molecular weight is 256 g/mol. The highest BCUT2D eigenvalue weighted by atomic mass is 32.2. The van der Waals surface area contributed by atoms with Crippen molar-refractivity contribution in [1.82, 2.24) is 0 Å². The average Bonchev–Trinajstić information content (AvgIpc) is 2.15. The fourth-order valence-corrected chi connectivity index (χ4v) is 2.16. The number of benzene rings is 1. The number of aliphatic hydroxyl groups excluding tert-OH is 1. The Balaban J connectivity index is 3.03. The van der Waals surface area contributed by atoms with Gasteiger partial charge in [-0.2, -0.15) is 0 Å². The molecule has 0 saturated heterocycles. The summed E-state index contributed by atoms with van der Waals surface area (Å²) in [5.74, 6) is 0. The Morgan fingerprint density at radius 1 is 1.24 bits per heavy atom. The summed E-state index contributed by atoms with van der Waals surface area (Å²) in [6.45, 7) is 5.13. The van der Waals surface area contributed by atoms with E-state index < -0.39 is 14.6 Å². The molecular formula is C13H20O3S. The zero-order valence-electron chi connectivity index (χ0n) is 10.8. The van der Waals surface area contributed by atoms with Crippen LogP contribution >= 0.6 is 0 Å². The van der Waals surface area contributed by atoms with Gasteiger partial charge in [0.05, 0.1) is 10.9 Å². The van der Waals surface area contributed by atoms with E-state index in [4.69, 9.17) is 0 Å². The maximum absolute atomic E-state index is 11.7. The molecule has 0 aliphatic rings. The molecule has 0 aliphatic carbocycles. The van der Waals surface area contributed by atoms with E-state index >= 15 is 0 Å². The summed E-state index contributed by atoms with van der Waals surface area (Å²) in [6, 6.07) is 7.38. The van der Waals surface area contributed by atoms with Gasteiger partial charge in [0.15, 0.2) is 9.84 Å². The van der Waals surface area contributed by atoms with Gasteiger partial charge in [0.25, 0.3) is 0 Å². The largest absolute Gasteiger partial charge is 0.393 e. The molecule has 0 fully saturated rings. The summed E-state index contributed by atoms with van der Waals surface area (Å²) in [5, 5.41) is 9.27. The topological polar surface area (TPSA) is 54.4 Å². The fraction of sp³-hybridized carbons (Fsp3) is 0.538. The van der Waals surface area contributed by atoms with Crippen LogP contribution in [0.1, 0.15) is 31.9 Å². The second kappa shape index (κ2) is 4.78. The van der Waals surface area contributed by atoms with E-state index in [0.29, 0.717) is 6.42 Å². The van der Waals surface area contributed by atoms with Gasteiger partial charge < -0.3 is 5.11 Å². The van der Waals surface area contributed by atoms with Crippen molar-refractivity contribution in [1.29, 1.82) is 0 Å². The number of sulfone groups is 1. The lowest BCUT2D eigenvalue weighted by Crippen LogP contribution is -2.27. The molecule has 0 aromatic heterocycles. The highest BCUT2D eigenvalue weighted by Crippen LogP contribution is 2.29. The van der Waals surface area contributed by atoms with Gasteiger partial charge in [-0.3, -0.25) is 0 Å². The van der Waals surface area contributed by atoms with Crippen LogP contribution in [-0.4, -0.2) is 25.9 Å². The molecule has 0 radical (unpaired) electrons. The molecule has 0 heterocycles. The van der Waals surface area contributed by atoms with Crippen molar-refractivity contribution in [3.8, 4) is 0 Å². The summed E-state index contributed by atoms with van der Waals surface area (Å²) < 4.78 is 22.5. The van der Waals surface area contributed by atoms with E-state index in [1.165, 1.54) is 6.26 Å². The highest BCUT2D eigenvalue weighted by Gasteiger charge is 2.31. The van der Waals surface area contributed by atoms with Crippen LogP contribution in [0.2, 0.25) is 0 Å². The molecule has 3 nitrogen and oxygen atoms in total. The van der Waals surface area contributed by atoms with E-state index in [1.807, 2.05) is 24.3 Å². The van der Waals surface area contributed by atoms with Crippen LogP contribution in [-0.2, 0) is 21.0 Å². The molecule has 1 rings (SSSR count). The number of aliphatic hydroxyl groups is 1. The van der Waals surface area contributed by atoms with Crippen LogP contribution in [0.5, 0.6) is 0 Å². The van der Waals surface area contributed by atoms with Crippen LogP contribution in [0.15, 0.2) is 24.3 Å². The van der Waals surface area contributed by atoms with Gasteiger partial charge in [0.1, 0.15) is 0 Å². The third-order valence-electron chi connectivity index (χ3n) is 3.11. The Morgan fingerprint density at radius 2 is 1.71 bits per heavy atom. The summed E-state index contributed by atoms with van der Waals surface area (Å²) >= 11 is 0. The van der Waals surface area contributed by atoms with E-state index in [9.17, 15) is 13.5 Å². The van der Waals surface area contributed by atoms with Crippen molar-refractivity contribution < 1.29 is 13.5 Å². The van der Waals surface area contributed by atoms with Crippen molar-refractivity contribution in [2.75, 3.05) is 6.26 Å². The Bertz CT molecular complexity index is 470. The predicted molar refractivity (Wildman–Crippen MR) is 69.7 cm³/mol. The Kier molecular flexibility index (Phi) is 3.99. The molecule has 1 unspecified atom stereocenters. The second-order valence-electron chi connectivity index (χ2n) is 5.03. The van der Waals surface area contributed by atoms with Crippen LogP contribution in [0.4, 0.5) is 0 Å². The molecular weight excluding hydrogens is 236 g/mol. The minimum atomic E-state index is -3.14. The van der Waals surface area contributed by atoms with Gasteiger partial charge in [0.2, 0.25) is 0 Å². The highest BCUT2D eigenvalue weighted by molar-refractivity contribution is 7.91. The molecule has 0 aliphatic heterocycles. The standard InChI is InChI=1S/C13H20O3S/c1-10(14)9-11-5-7-12(8-6-11)13(2,3)17(4,15)16/h5-8,10,14H,9H2,1-4H3. The van der Waals surface area contributed by atoms with E-state index in [1.54, 1.807) is 20.8 Å². The number of rotatable bonds is 4. The van der Waals surface area contributed by atoms with Gasteiger partial charge in [-0.25, -0.2) is 8.42 Å². The fourth-order valence-electron chi connectivity index (χ4n) is 1.60. The Labute approximate surface area is 103 Å². The first kappa shape index (κ1) is 14.2. The van der Waals surface area contributed by atoms with Gasteiger partial charge >= 0.3 is 0 Å².